The fourth-order valence-electron chi connectivity index (χ4n) is 2.31. The maximum absolute atomic E-state index is 12.7. The predicted molar refractivity (Wildman–Crippen MR) is 82.4 cm³/mol. The lowest BCUT2D eigenvalue weighted by atomic mass is 10.4. The molecule has 2 unspecified atom stereocenters. The third kappa shape index (κ3) is 3.33. The molecule has 0 saturated carbocycles. The molecule has 0 aromatic carbocycles. The van der Waals surface area contributed by atoms with Crippen molar-refractivity contribution < 1.29 is 8.42 Å². The molecule has 108 valence electrons. The van der Waals surface area contributed by atoms with E-state index >= 15 is 0 Å². The fourth-order valence-corrected chi connectivity index (χ4v) is 6.87. The summed E-state index contributed by atoms with van der Waals surface area (Å²) < 4.78 is 27.1. The van der Waals surface area contributed by atoms with E-state index in [1.807, 2.05) is 24.2 Å². The Morgan fingerprint density at radius 1 is 1.37 bits per heavy atom. The van der Waals surface area contributed by atoms with Gasteiger partial charge in [-0.15, -0.1) is 11.3 Å². The molecule has 0 aliphatic carbocycles. The molecule has 1 aliphatic rings. The van der Waals surface area contributed by atoms with E-state index < -0.39 is 10.0 Å². The lowest BCUT2D eigenvalue weighted by Gasteiger charge is -2.33. The zero-order valence-corrected chi connectivity index (χ0v) is 13.9. The van der Waals surface area contributed by atoms with E-state index in [-0.39, 0.29) is 0 Å². The molecule has 1 aliphatic heterocycles. The van der Waals surface area contributed by atoms with Crippen molar-refractivity contribution in [1.29, 1.82) is 0 Å². The van der Waals surface area contributed by atoms with Crippen molar-refractivity contribution in [2.45, 2.75) is 35.8 Å². The molecule has 0 amide bonds. The lowest BCUT2D eigenvalue weighted by Crippen LogP contribution is -2.44. The Morgan fingerprint density at radius 2 is 2.00 bits per heavy atom. The summed E-state index contributed by atoms with van der Waals surface area (Å²) in [7, 11) is -1.52. The molecule has 2 atom stereocenters. The van der Waals surface area contributed by atoms with E-state index in [1.165, 1.54) is 11.3 Å². The zero-order valence-electron chi connectivity index (χ0n) is 11.4. The summed E-state index contributed by atoms with van der Waals surface area (Å²) in [4.78, 5) is 1.36. The van der Waals surface area contributed by atoms with Gasteiger partial charge in [0.15, 0.2) is 0 Å². The minimum Gasteiger partial charge on any atom is -0.315 e. The van der Waals surface area contributed by atoms with Crippen molar-refractivity contribution in [3.63, 3.8) is 0 Å². The highest BCUT2D eigenvalue weighted by Gasteiger charge is 2.33. The Bertz CT molecular complexity index is 517. The monoisotopic (exact) mass is 320 g/mol. The topological polar surface area (TPSA) is 49.4 Å². The highest BCUT2D eigenvalue weighted by Crippen LogP contribution is 2.31. The number of thioether (sulfide) groups is 1. The van der Waals surface area contributed by atoms with Crippen molar-refractivity contribution in [3.05, 3.63) is 16.3 Å². The second-order valence-corrected chi connectivity index (χ2v) is 9.61. The molecule has 4 nitrogen and oxygen atoms in total. The second kappa shape index (κ2) is 6.13. The van der Waals surface area contributed by atoms with E-state index in [9.17, 15) is 8.42 Å². The molecule has 1 fully saturated rings. The Morgan fingerprint density at radius 3 is 2.58 bits per heavy atom. The largest absolute Gasteiger partial charge is 0.315 e. The summed E-state index contributed by atoms with van der Waals surface area (Å²) in [6, 6.07) is 1.73. The standard InChI is InChI=1S/C12H20N2O2S3/c1-9-7-14(8-10(2)18-9)19(15,16)12-4-5-17-11(12)6-13-3/h4-5,9-10,13H,6-8H2,1-3H3. The quantitative estimate of drug-likeness (QED) is 0.922. The van der Waals surface area contributed by atoms with Gasteiger partial charge in [0.25, 0.3) is 0 Å². The molecule has 0 bridgehead atoms. The van der Waals surface area contributed by atoms with Crippen LogP contribution in [0.1, 0.15) is 18.7 Å². The van der Waals surface area contributed by atoms with Crippen LogP contribution < -0.4 is 5.32 Å². The van der Waals surface area contributed by atoms with Crippen LogP contribution in [0.15, 0.2) is 16.3 Å². The third-order valence-electron chi connectivity index (χ3n) is 3.05. The van der Waals surface area contributed by atoms with Crippen LogP contribution in [0.3, 0.4) is 0 Å². The Kier molecular flexibility index (Phi) is 4.94. The van der Waals surface area contributed by atoms with Gasteiger partial charge < -0.3 is 5.32 Å². The normalized spacial score (nSPS) is 25.6. The first kappa shape index (κ1) is 15.3. The van der Waals surface area contributed by atoms with Crippen LogP contribution in [0.4, 0.5) is 0 Å². The highest BCUT2D eigenvalue weighted by atomic mass is 32.2. The molecule has 2 heterocycles. The molecule has 1 N–H and O–H groups in total. The van der Waals surface area contributed by atoms with E-state index in [2.05, 4.69) is 19.2 Å². The van der Waals surface area contributed by atoms with Crippen LogP contribution in [-0.4, -0.2) is 43.4 Å². The molecule has 1 aromatic heterocycles. The van der Waals surface area contributed by atoms with Gasteiger partial charge in [0.05, 0.1) is 4.90 Å². The molecular weight excluding hydrogens is 300 g/mol. The summed E-state index contributed by atoms with van der Waals surface area (Å²) in [5, 5.41) is 5.58. The van der Waals surface area contributed by atoms with Crippen molar-refractivity contribution in [3.8, 4) is 0 Å². The number of nitrogens with zero attached hydrogens (tertiary/aromatic N) is 1. The predicted octanol–water partition coefficient (Wildman–Crippen LogP) is 1.98. The first-order chi connectivity index (χ1) is 8.95. The van der Waals surface area contributed by atoms with E-state index in [1.54, 1.807) is 10.4 Å². The van der Waals surface area contributed by atoms with Gasteiger partial charge in [-0.2, -0.15) is 16.1 Å². The van der Waals surface area contributed by atoms with Crippen molar-refractivity contribution in [1.82, 2.24) is 9.62 Å². The Hall–Kier alpha value is -0.0800. The molecule has 1 aromatic rings. The summed E-state index contributed by atoms with van der Waals surface area (Å²) in [6.45, 7) is 5.98. The molecule has 7 heteroatoms. The van der Waals surface area contributed by atoms with Gasteiger partial charge in [-0.05, 0) is 18.5 Å². The maximum atomic E-state index is 12.7. The van der Waals surface area contributed by atoms with Gasteiger partial charge in [0, 0.05) is 35.0 Å². The van der Waals surface area contributed by atoms with E-state index in [0.29, 0.717) is 35.0 Å². The number of thiophene rings is 1. The minimum absolute atomic E-state index is 0.352. The number of sulfonamides is 1. The number of nitrogens with one attached hydrogen (secondary N) is 1. The molecule has 1 saturated heterocycles. The maximum Gasteiger partial charge on any atom is 0.244 e. The van der Waals surface area contributed by atoms with Crippen molar-refractivity contribution >= 4 is 33.1 Å². The first-order valence-corrected chi connectivity index (χ1v) is 9.58. The van der Waals surface area contributed by atoms with Crippen LogP contribution in [0.25, 0.3) is 0 Å². The van der Waals surface area contributed by atoms with Crippen LogP contribution in [0, 0.1) is 0 Å². The van der Waals surface area contributed by atoms with E-state index in [4.69, 9.17) is 0 Å². The fraction of sp³-hybridized carbons (Fsp3) is 0.667. The van der Waals surface area contributed by atoms with Crippen molar-refractivity contribution in [2.24, 2.45) is 0 Å². The van der Waals surface area contributed by atoms with Gasteiger partial charge in [0.2, 0.25) is 10.0 Å². The molecular formula is C12H20N2O2S3. The van der Waals surface area contributed by atoms with Crippen LogP contribution in [-0.2, 0) is 16.6 Å². The van der Waals surface area contributed by atoms with Gasteiger partial charge in [-0.25, -0.2) is 8.42 Å². The minimum atomic E-state index is -3.35. The number of hydrogen-bond acceptors (Lipinski definition) is 5. The molecule has 0 radical (unpaired) electrons. The smallest absolute Gasteiger partial charge is 0.244 e. The Labute approximate surface area is 123 Å². The van der Waals surface area contributed by atoms with Gasteiger partial charge in [-0.1, -0.05) is 13.8 Å². The SMILES string of the molecule is CNCc1sccc1S(=O)(=O)N1CC(C)SC(C)C1. The van der Waals surface area contributed by atoms with Gasteiger partial charge in [-0.3, -0.25) is 0 Å². The Balaban J connectivity index is 2.28. The highest BCUT2D eigenvalue weighted by molar-refractivity contribution is 8.00. The van der Waals surface area contributed by atoms with Gasteiger partial charge >= 0.3 is 0 Å². The average Bonchev–Trinajstić information content (AvgIpc) is 2.77. The summed E-state index contributed by atoms with van der Waals surface area (Å²) in [6.07, 6.45) is 0. The second-order valence-electron chi connectivity index (χ2n) is 4.82. The number of rotatable bonds is 4. The van der Waals surface area contributed by atoms with Crippen LogP contribution in [0.5, 0.6) is 0 Å². The van der Waals surface area contributed by atoms with Crippen LogP contribution in [0.2, 0.25) is 0 Å². The van der Waals surface area contributed by atoms with E-state index in [0.717, 1.165) is 4.88 Å². The van der Waals surface area contributed by atoms with Gasteiger partial charge in [0.1, 0.15) is 0 Å². The van der Waals surface area contributed by atoms with Crippen molar-refractivity contribution in [2.75, 3.05) is 20.1 Å². The average molecular weight is 321 g/mol. The van der Waals surface area contributed by atoms with Crippen LogP contribution >= 0.6 is 23.1 Å². The zero-order chi connectivity index (χ0) is 14.0. The summed E-state index contributed by atoms with van der Waals surface area (Å²) >= 11 is 3.35. The molecule has 0 spiro atoms. The summed E-state index contributed by atoms with van der Waals surface area (Å²) in [5.41, 5.74) is 0. The first-order valence-electron chi connectivity index (χ1n) is 6.31. The molecule has 19 heavy (non-hydrogen) atoms. The lowest BCUT2D eigenvalue weighted by molar-refractivity contribution is 0.404. The third-order valence-corrected chi connectivity index (χ3v) is 7.24. The summed E-state index contributed by atoms with van der Waals surface area (Å²) in [5.74, 6) is 0. The number of hydrogen-bond donors (Lipinski definition) is 1. The molecule has 2 rings (SSSR count).